The van der Waals surface area contributed by atoms with Crippen molar-refractivity contribution < 1.29 is 0 Å². The molecule has 0 fully saturated rings. The van der Waals surface area contributed by atoms with Crippen molar-refractivity contribution in [2.45, 2.75) is 6.92 Å². The van der Waals surface area contributed by atoms with E-state index < -0.39 is 0 Å². The van der Waals surface area contributed by atoms with Crippen molar-refractivity contribution in [3.8, 4) is 0 Å². The molecule has 0 radical (unpaired) electrons. The number of anilines is 1. The van der Waals surface area contributed by atoms with Crippen LogP contribution >= 0.6 is 22.9 Å². The summed E-state index contributed by atoms with van der Waals surface area (Å²) >= 11 is 2.20. The molecule has 3 heteroatoms. The molecule has 1 rings (SSSR count). The standard InChI is InChI=1S/C7H9IN2/c1-6-4-3-5-7(9-6)10(2)8/h3-5H,1-2H3. The van der Waals surface area contributed by atoms with E-state index in [2.05, 4.69) is 27.8 Å². The molecular weight excluding hydrogens is 239 g/mol. The van der Waals surface area contributed by atoms with Gasteiger partial charge in [0, 0.05) is 12.7 Å². The van der Waals surface area contributed by atoms with Crippen molar-refractivity contribution in [2.75, 3.05) is 10.2 Å². The molecule has 2 nitrogen and oxygen atoms in total. The Balaban J connectivity index is 2.96. The summed E-state index contributed by atoms with van der Waals surface area (Å²) < 4.78 is 1.96. The lowest BCUT2D eigenvalue weighted by Crippen LogP contribution is -2.01. The molecule has 0 unspecified atom stereocenters. The summed E-state index contributed by atoms with van der Waals surface area (Å²) in [6.07, 6.45) is 0. The molecule has 0 amide bonds. The minimum Gasteiger partial charge on any atom is -0.302 e. The van der Waals surface area contributed by atoms with Crippen LogP contribution in [0.3, 0.4) is 0 Å². The third-order valence-corrected chi connectivity index (χ3v) is 1.68. The minimum atomic E-state index is 1.00. The fourth-order valence-corrected chi connectivity index (χ4v) is 0.969. The van der Waals surface area contributed by atoms with E-state index in [1.165, 1.54) is 0 Å². The molecule has 0 aliphatic rings. The fourth-order valence-electron chi connectivity index (χ4n) is 0.700. The van der Waals surface area contributed by atoms with E-state index in [9.17, 15) is 0 Å². The molecule has 1 aromatic heterocycles. The second kappa shape index (κ2) is 3.18. The van der Waals surface area contributed by atoms with Crippen LogP contribution in [0.2, 0.25) is 0 Å². The molecule has 0 aliphatic heterocycles. The Morgan fingerprint density at radius 3 is 2.60 bits per heavy atom. The van der Waals surface area contributed by atoms with Gasteiger partial charge in [0.2, 0.25) is 0 Å². The molecule has 0 bridgehead atoms. The van der Waals surface area contributed by atoms with Crippen LogP contribution in [0.4, 0.5) is 5.82 Å². The molecule has 54 valence electrons. The van der Waals surface area contributed by atoms with Gasteiger partial charge in [-0.1, -0.05) is 6.07 Å². The van der Waals surface area contributed by atoms with E-state index in [1.54, 1.807) is 0 Å². The third-order valence-electron chi connectivity index (χ3n) is 1.19. The number of hydrogen-bond donors (Lipinski definition) is 0. The Morgan fingerprint density at radius 2 is 2.20 bits per heavy atom. The smallest absolute Gasteiger partial charge is 0.137 e. The first-order chi connectivity index (χ1) is 4.70. The molecule has 0 N–H and O–H groups in total. The largest absolute Gasteiger partial charge is 0.302 e. The van der Waals surface area contributed by atoms with E-state index in [0.29, 0.717) is 0 Å². The highest BCUT2D eigenvalue weighted by Crippen LogP contribution is 2.11. The zero-order valence-corrected chi connectivity index (χ0v) is 8.16. The van der Waals surface area contributed by atoms with Crippen LogP contribution < -0.4 is 3.11 Å². The van der Waals surface area contributed by atoms with Gasteiger partial charge in [0.1, 0.15) is 5.82 Å². The topological polar surface area (TPSA) is 16.1 Å². The fraction of sp³-hybridized carbons (Fsp3) is 0.286. The van der Waals surface area contributed by atoms with Gasteiger partial charge in [-0.2, -0.15) is 0 Å². The van der Waals surface area contributed by atoms with Gasteiger partial charge in [0.25, 0.3) is 0 Å². The molecule has 10 heavy (non-hydrogen) atoms. The average Bonchev–Trinajstić information content (AvgIpc) is 1.88. The Kier molecular flexibility index (Phi) is 2.48. The SMILES string of the molecule is Cc1cccc(N(C)I)n1. The van der Waals surface area contributed by atoms with Gasteiger partial charge in [0.05, 0.1) is 22.9 Å². The average molecular weight is 248 g/mol. The summed E-state index contributed by atoms with van der Waals surface area (Å²) in [7, 11) is 1.97. The summed E-state index contributed by atoms with van der Waals surface area (Å²) in [4.78, 5) is 4.29. The molecule has 0 spiro atoms. The predicted molar refractivity (Wildman–Crippen MR) is 51.4 cm³/mol. The summed E-state index contributed by atoms with van der Waals surface area (Å²) in [6.45, 7) is 1.99. The van der Waals surface area contributed by atoms with Gasteiger partial charge in [-0.05, 0) is 19.1 Å². The van der Waals surface area contributed by atoms with Gasteiger partial charge in [-0.25, -0.2) is 4.98 Å². The Morgan fingerprint density at radius 1 is 1.50 bits per heavy atom. The number of aryl methyl sites for hydroxylation is 1. The number of hydrogen-bond acceptors (Lipinski definition) is 2. The molecular formula is C7H9IN2. The van der Waals surface area contributed by atoms with E-state index in [-0.39, 0.29) is 0 Å². The number of aromatic nitrogens is 1. The molecule has 0 aliphatic carbocycles. The third kappa shape index (κ3) is 1.83. The maximum atomic E-state index is 4.29. The normalized spacial score (nSPS) is 9.50. The van der Waals surface area contributed by atoms with Crippen molar-refractivity contribution in [1.29, 1.82) is 0 Å². The predicted octanol–water partition coefficient (Wildman–Crippen LogP) is 2.18. The van der Waals surface area contributed by atoms with Gasteiger partial charge in [0.15, 0.2) is 0 Å². The van der Waals surface area contributed by atoms with Crippen LogP contribution in [0, 0.1) is 6.92 Å². The summed E-state index contributed by atoms with van der Waals surface area (Å²) in [5.74, 6) is 1.00. The van der Waals surface area contributed by atoms with Crippen LogP contribution in [0.1, 0.15) is 5.69 Å². The Labute approximate surface area is 74.8 Å². The summed E-state index contributed by atoms with van der Waals surface area (Å²) in [5, 5.41) is 0. The molecule has 0 saturated carbocycles. The van der Waals surface area contributed by atoms with Crippen LogP contribution in [0.25, 0.3) is 0 Å². The quantitative estimate of drug-likeness (QED) is 0.559. The molecule has 0 aromatic carbocycles. The highest BCUT2D eigenvalue weighted by atomic mass is 127. The van der Waals surface area contributed by atoms with Crippen molar-refractivity contribution in [3.05, 3.63) is 23.9 Å². The highest BCUT2D eigenvalue weighted by molar-refractivity contribution is 14.1. The Bertz CT molecular complexity index is 223. The first kappa shape index (κ1) is 7.78. The van der Waals surface area contributed by atoms with Crippen LogP contribution in [0.5, 0.6) is 0 Å². The van der Waals surface area contributed by atoms with Crippen LogP contribution in [-0.4, -0.2) is 12.0 Å². The van der Waals surface area contributed by atoms with Crippen molar-refractivity contribution in [3.63, 3.8) is 0 Å². The lowest BCUT2D eigenvalue weighted by atomic mass is 10.4. The molecule has 0 atom stereocenters. The van der Waals surface area contributed by atoms with Crippen LogP contribution in [0.15, 0.2) is 18.2 Å². The monoisotopic (exact) mass is 248 g/mol. The van der Waals surface area contributed by atoms with E-state index >= 15 is 0 Å². The molecule has 0 saturated heterocycles. The van der Waals surface area contributed by atoms with Gasteiger partial charge in [-0.15, -0.1) is 0 Å². The van der Waals surface area contributed by atoms with E-state index in [4.69, 9.17) is 0 Å². The first-order valence-corrected chi connectivity index (χ1v) is 4.00. The van der Waals surface area contributed by atoms with Crippen molar-refractivity contribution in [2.24, 2.45) is 0 Å². The highest BCUT2D eigenvalue weighted by Gasteiger charge is 1.95. The lowest BCUT2D eigenvalue weighted by Gasteiger charge is -2.07. The van der Waals surface area contributed by atoms with Crippen LogP contribution in [-0.2, 0) is 0 Å². The number of nitrogens with zero attached hydrogens (tertiary/aromatic N) is 2. The summed E-state index contributed by atoms with van der Waals surface area (Å²) in [5.41, 5.74) is 1.06. The Hall–Kier alpha value is -0.320. The first-order valence-electron chi connectivity index (χ1n) is 3.03. The zero-order chi connectivity index (χ0) is 7.56. The molecule has 1 aromatic rings. The molecule has 1 heterocycles. The van der Waals surface area contributed by atoms with Gasteiger partial charge in [-0.3, -0.25) is 0 Å². The minimum absolute atomic E-state index is 1.00. The number of rotatable bonds is 1. The van der Waals surface area contributed by atoms with Crippen molar-refractivity contribution >= 4 is 28.7 Å². The maximum absolute atomic E-state index is 4.29. The van der Waals surface area contributed by atoms with E-state index in [1.807, 2.05) is 35.3 Å². The second-order valence-corrected chi connectivity index (χ2v) is 3.56. The van der Waals surface area contributed by atoms with Gasteiger partial charge >= 0.3 is 0 Å². The zero-order valence-electron chi connectivity index (χ0n) is 6.00. The van der Waals surface area contributed by atoms with Gasteiger partial charge < -0.3 is 3.11 Å². The second-order valence-electron chi connectivity index (χ2n) is 2.11. The number of pyridine rings is 1. The van der Waals surface area contributed by atoms with Crippen molar-refractivity contribution in [1.82, 2.24) is 4.98 Å². The summed E-state index contributed by atoms with van der Waals surface area (Å²) in [6, 6.07) is 5.98. The lowest BCUT2D eigenvalue weighted by molar-refractivity contribution is 1.16. The maximum Gasteiger partial charge on any atom is 0.137 e. The number of halogens is 1. The van der Waals surface area contributed by atoms with E-state index in [0.717, 1.165) is 11.5 Å².